The van der Waals surface area contributed by atoms with Crippen LogP contribution in [0, 0.1) is 5.92 Å². The molecule has 0 atom stereocenters. The average Bonchev–Trinajstić information content (AvgIpc) is 3.29. The number of amides is 2. The van der Waals surface area contributed by atoms with Gasteiger partial charge in [-0.2, -0.15) is 0 Å². The monoisotopic (exact) mass is 409 g/mol. The summed E-state index contributed by atoms with van der Waals surface area (Å²) < 4.78 is 5.84. The highest BCUT2D eigenvalue weighted by atomic mass is 32.2. The molecular weight excluding hydrogens is 386 g/mol. The van der Waals surface area contributed by atoms with Gasteiger partial charge in [-0.15, -0.1) is 0 Å². The van der Waals surface area contributed by atoms with Crippen molar-refractivity contribution in [1.82, 2.24) is 4.90 Å². The third kappa shape index (κ3) is 4.37. The van der Waals surface area contributed by atoms with Crippen LogP contribution < -0.4 is 0 Å². The van der Waals surface area contributed by atoms with E-state index >= 15 is 0 Å². The maximum absolute atomic E-state index is 12.7. The summed E-state index contributed by atoms with van der Waals surface area (Å²) in [7, 11) is 0. The zero-order chi connectivity index (χ0) is 20.4. The van der Waals surface area contributed by atoms with Crippen LogP contribution in [0.1, 0.15) is 55.1 Å². The van der Waals surface area contributed by atoms with Gasteiger partial charge in [0.15, 0.2) is 5.78 Å². The van der Waals surface area contributed by atoms with Crippen LogP contribution >= 0.6 is 11.8 Å². The Morgan fingerprint density at radius 1 is 1.10 bits per heavy atom. The minimum Gasteiger partial charge on any atom is -0.457 e. The third-order valence-corrected chi connectivity index (χ3v) is 6.42. The summed E-state index contributed by atoms with van der Waals surface area (Å²) in [5, 5.41) is -0.196. The molecule has 2 amide bonds. The molecule has 1 saturated carbocycles. The first kappa shape index (κ1) is 19.7. The molecule has 2 aromatic rings. The highest BCUT2D eigenvalue weighted by Gasteiger charge is 2.36. The molecule has 0 unspecified atom stereocenters. The molecule has 2 fully saturated rings. The lowest BCUT2D eigenvalue weighted by Gasteiger charge is -2.25. The number of imide groups is 1. The van der Waals surface area contributed by atoms with Crippen LogP contribution in [-0.2, 0) is 4.79 Å². The quantitative estimate of drug-likeness (QED) is 0.463. The van der Waals surface area contributed by atoms with E-state index in [9.17, 15) is 14.4 Å². The Balaban J connectivity index is 1.47. The molecule has 5 nitrogen and oxygen atoms in total. The molecule has 4 rings (SSSR count). The Labute approximate surface area is 174 Å². The predicted octanol–water partition coefficient (Wildman–Crippen LogP) is 5.77. The van der Waals surface area contributed by atoms with E-state index in [1.165, 1.54) is 31.1 Å². The van der Waals surface area contributed by atoms with Gasteiger partial charge in [0.05, 0.1) is 4.91 Å². The molecule has 150 valence electrons. The fraction of sp³-hybridized carbons (Fsp3) is 0.348. The lowest BCUT2D eigenvalue weighted by atomic mass is 9.89. The number of nitrogens with zero attached hydrogens (tertiary/aromatic N) is 1. The number of benzene rings is 1. The van der Waals surface area contributed by atoms with Gasteiger partial charge in [0.1, 0.15) is 11.5 Å². The van der Waals surface area contributed by atoms with Crippen molar-refractivity contribution in [3.63, 3.8) is 0 Å². The molecule has 1 aliphatic heterocycles. The Morgan fingerprint density at radius 3 is 2.52 bits per heavy atom. The first-order valence-corrected chi connectivity index (χ1v) is 10.8. The van der Waals surface area contributed by atoms with Crippen molar-refractivity contribution >= 4 is 34.8 Å². The van der Waals surface area contributed by atoms with E-state index in [0.29, 0.717) is 34.5 Å². The first-order valence-electron chi connectivity index (χ1n) is 9.98. The number of rotatable bonds is 5. The number of carbonyl (C=O) groups is 3. The molecule has 29 heavy (non-hydrogen) atoms. The first-order chi connectivity index (χ1) is 14.0. The van der Waals surface area contributed by atoms with E-state index in [4.69, 9.17) is 4.42 Å². The standard InChI is InChI=1S/C23H23NO4S/c1-15(25)17-7-9-18(10-8-17)20-12-11-19(28-20)13-21-22(26)24(23(27)29-21)14-16-5-3-2-4-6-16/h7-13,16H,2-6,14H2,1H3/b21-13+. The number of ketones is 1. The van der Waals surface area contributed by atoms with Gasteiger partial charge < -0.3 is 4.42 Å². The Kier molecular flexibility index (Phi) is 5.72. The van der Waals surface area contributed by atoms with Crippen molar-refractivity contribution < 1.29 is 18.8 Å². The van der Waals surface area contributed by atoms with Gasteiger partial charge in [0.25, 0.3) is 11.1 Å². The lowest BCUT2D eigenvalue weighted by molar-refractivity contribution is -0.123. The number of furan rings is 1. The zero-order valence-electron chi connectivity index (χ0n) is 16.3. The molecule has 0 spiro atoms. The molecular formula is C23H23NO4S. The van der Waals surface area contributed by atoms with E-state index in [1.54, 1.807) is 24.3 Å². The molecule has 1 saturated heterocycles. The number of Topliss-reactive ketones (excluding diaryl/α,β-unsaturated/α-hetero) is 1. The topological polar surface area (TPSA) is 67.6 Å². The summed E-state index contributed by atoms with van der Waals surface area (Å²) in [6.07, 6.45) is 7.42. The Morgan fingerprint density at radius 2 is 1.83 bits per heavy atom. The van der Waals surface area contributed by atoms with Crippen LogP contribution in [0.15, 0.2) is 45.7 Å². The van der Waals surface area contributed by atoms with Gasteiger partial charge in [0.2, 0.25) is 0 Å². The minimum atomic E-state index is -0.227. The van der Waals surface area contributed by atoms with Crippen molar-refractivity contribution in [3.8, 4) is 11.3 Å². The second-order valence-electron chi connectivity index (χ2n) is 7.63. The van der Waals surface area contributed by atoms with E-state index in [1.807, 2.05) is 18.2 Å². The average molecular weight is 410 g/mol. The maximum atomic E-state index is 12.7. The highest BCUT2D eigenvalue weighted by molar-refractivity contribution is 8.18. The second kappa shape index (κ2) is 8.41. The van der Waals surface area contributed by atoms with Gasteiger partial charge in [-0.1, -0.05) is 43.5 Å². The summed E-state index contributed by atoms with van der Waals surface area (Å²) in [6, 6.07) is 10.8. The van der Waals surface area contributed by atoms with Crippen LogP contribution in [0.2, 0.25) is 0 Å². The molecule has 0 N–H and O–H groups in total. The van der Waals surface area contributed by atoms with Gasteiger partial charge in [0, 0.05) is 23.7 Å². The summed E-state index contributed by atoms with van der Waals surface area (Å²) in [4.78, 5) is 38.2. The highest BCUT2D eigenvalue weighted by Crippen LogP contribution is 2.35. The number of carbonyl (C=O) groups excluding carboxylic acids is 3. The van der Waals surface area contributed by atoms with Gasteiger partial charge in [-0.25, -0.2) is 0 Å². The summed E-state index contributed by atoms with van der Waals surface area (Å²) >= 11 is 0.976. The molecule has 2 heterocycles. The van der Waals surface area contributed by atoms with Gasteiger partial charge >= 0.3 is 0 Å². The maximum Gasteiger partial charge on any atom is 0.293 e. The number of thioether (sulfide) groups is 1. The molecule has 0 bridgehead atoms. The van der Waals surface area contributed by atoms with Crippen molar-refractivity contribution in [3.05, 3.63) is 52.6 Å². The molecule has 2 aliphatic rings. The molecule has 1 aliphatic carbocycles. The lowest BCUT2D eigenvalue weighted by Crippen LogP contribution is -2.34. The van der Waals surface area contributed by atoms with Gasteiger partial charge in [-0.05, 0) is 49.6 Å². The minimum absolute atomic E-state index is 0.0145. The molecule has 6 heteroatoms. The van der Waals surface area contributed by atoms with Crippen LogP contribution in [-0.4, -0.2) is 28.4 Å². The number of hydrogen-bond acceptors (Lipinski definition) is 5. The second-order valence-corrected chi connectivity index (χ2v) is 8.63. The van der Waals surface area contributed by atoms with Crippen molar-refractivity contribution in [2.24, 2.45) is 5.92 Å². The normalized spacial score (nSPS) is 19.3. The van der Waals surface area contributed by atoms with Crippen LogP contribution in [0.25, 0.3) is 17.4 Å². The SMILES string of the molecule is CC(=O)c1ccc(-c2ccc(/C=C3/SC(=O)N(CC4CCCCC4)C3=O)o2)cc1. The Hall–Kier alpha value is -2.60. The van der Waals surface area contributed by atoms with E-state index < -0.39 is 0 Å². The fourth-order valence-corrected chi connectivity index (χ4v) is 4.70. The van der Waals surface area contributed by atoms with Crippen LogP contribution in [0.3, 0.4) is 0 Å². The van der Waals surface area contributed by atoms with Crippen LogP contribution in [0.4, 0.5) is 4.79 Å². The van der Waals surface area contributed by atoms with E-state index in [-0.39, 0.29) is 16.9 Å². The summed E-state index contributed by atoms with van der Waals surface area (Å²) in [6.45, 7) is 2.05. The fourth-order valence-electron chi connectivity index (χ4n) is 3.87. The van der Waals surface area contributed by atoms with Crippen molar-refractivity contribution in [2.45, 2.75) is 39.0 Å². The number of hydrogen-bond donors (Lipinski definition) is 0. The van der Waals surface area contributed by atoms with E-state index in [2.05, 4.69) is 0 Å². The van der Waals surface area contributed by atoms with Crippen molar-refractivity contribution in [1.29, 1.82) is 0 Å². The summed E-state index contributed by atoms with van der Waals surface area (Å²) in [5.74, 6) is 1.38. The third-order valence-electron chi connectivity index (χ3n) is 5.52. The smallest absolute Gasteiger partial charge is 0.293 e. The zero-order valence-corrected chi connectivity index (χ0v) is 17.2. The molecule has 1 aromatic heterocycles. The summed E-state index contributed by atoms with van der Waals surface area (Å²) in [5.41, 5.74) is 1.49. The largest absolute Gasteiger partial charge is 0.457 e. The van der Waals surface area contributed by atoms with E-state index in [0.717, 1.165) is 30.2 Å². The van der Waals surface area contributed by atoms with Crippen LogP contribution in [0.5, 0.6) is 0 Å². The molecule has 0 radical (unpaired) electrons. The Bertz CT molecular complexity index is 967. The van der Waals surface area contributed by atoms with Crippen molar-refractivity contribution in [2.75, 3.05) is 6.54 Å². The van der Waals surface area contributed by atoms with Gasteiger partial charge in [-0.3, -0.25) is 19.3 Å². The predicted molar refractivity (Wildman–Crippen MR) is 113 cm³/mol. The molecule has 1 aromatic carbocycles.